The number of fused-ring (bicyclic) bond motifs is 3. The summed E-state index contributed by atoms with van der Waals surface area (Å²) in [4.78, 5) is 9.68. The smallest absolute Gasteiger partial charge is 0.0520 e. The van der Waals surface area contributed by atoms with Gasteiger partial charge in [-0.05, 0) is 159 Å². The Balaban J connectivity index is 1.41. The van der Waals surface area contributed by atoms with E-state index in [0.29, 0.717) is 0 Å². The first-order valence-electron chi connectivity index (χ1n) is 20.0. The van der Waals surface area contributed by atoms with Crippen molar-refractivity contribution in [1.82, 2.24) is 4.98 Å². The van der Waals surface area contributed by atoms with Crippen molar-refractivity contribution in [3.8, 4) is 11.1 Å². The van der Waals surface area contributed by atoms with E-state index >= 15 is 0 Å². The van der Waals surface area contributed by atoms with Crippen LogP contribution in [0.5, 0.6) is 0 Å². The second-order valence-corrected chi connectivity index (χ2v) is 15.6. The number of anilines is 6. The van der Waals surface area contributed by atoms with Gasteiger partial charge in [0, 0.05) is 40.6 Å². The van der Waals surface area contributed by atoms with E-state index < -0.39 is 5.41 Å². The van der Waals surface area contributed by atoms with Crippen molar-refractivity contribution in [2.75, 3.05) is 9.80 Å². The van der Waals surface area contributed by atoms with Crippen LogP contribution < -0.4 is 9.80 Å². The van der Waals surface area contributed by atoms with E-state index in [0.717, 1.165) is 35.6 Å². The number of benzene rings is 6. The van der Waals surface area contributed by atoms with Crippen molar-refractivity contribution in [3.63, 3.8) is 0 Å². The zero-order valence-corrected chi connectivity index (χ0v) is 34.1. The Morgan fingerprint density at radius 3 is 1.44 bits per heavy atom. The first-order valence-corrected chi connectivity index (χ1v) is 20.0. The number of allylic oxidation sites excluding steroid dienone is 3. The molecule has 3 nitrogen and oxygen atoms in total. The van der Waals surface area contributed by atoms with Gasteiger partial charge in [-0.25, -0.2) is 0 Å². The van der Waals surface area contributed by atoms with E-state index in [2.05, 4.69) is 210 Å². The molecule has 1 aromatic heterocycles. The van der Waals surface area contributed by atoms with E-state index in [9.17, 15) is 0 Å². The largest absolute Gasteiger partial charge is 0.310 e. The number of pyridine rings is 1. The average molecular weight is 742 g/mol. The van der Waals surface area contributed by atoms with Gasteiger partial charge in [-0.2, -0.15) is 0 Å². The highest BCUT2D eigenvalue weighted by Gasteiger charge is 2.45. The van der Waals surface area contributed by atoms with Crippen LogP contribution in [0.4, 0.5) is 34.1 Å². The minimum Gasteiger partial charge on any atom is -0.310 e. The fourth-order valence-electron chi connectivity index (χ4n) is 9.51. The van der Waals surface area contributed by atoms with Crippen molar-refractivity contribution in [1.29, 1.82) is 0 Å². The van der Waals surface area contributed by atoms with E-state index in [1.54, 1.807) is 0 Å². The maximum Gasteiger partial charge on any atom is 0.0520 e. The molecular weight excluding hydrogens is 691 g/mol. The Hall–Kier alpha value is -6.45. The van der Waals surface area contributed by atoms with Crippen molar-refractivity contribution in [2.45, 2.75) is 59.8 Å². The maximum absolute atomic E-state index is 4.78. The van der Waals surface area contributed by atoms with Gasteiger partial charge < -0.3 is 9.80 Å². The third-order valence-electron chi connectivity index (χ3n) is 11.6. The molecule has 0 amide bonds. The number of hydrogen-bond acceptors (Lipinski definition) is 3. The van der Waals surface area contributed by atoms with E-state index in [1.807, 2.05) is 12.3 Å². The number of nitrogens with zero attached hydrogens (tertiary/aromatic N) is 3. The average Bonchev–Trinajstić information content (AvgIpc) is 3.49. The molecule has 282 valence electrons. The van der Waals surface area contributed by atoms with Crippen LogP contribution in [-0.2, 0) is 5.41 Å². The molecule has 1 aliphatic carbocycles. The predicted octanol–water partition coefficient (Wildman–Crippen LogP) is 14.7. The molecule has 0 aliphatic heterocycles. The Bertz CT molecular complexity index is 2410. The summed E-state index contributed by atoms with van der Waals surface area (Å²) in [6.45, 7) is 17.3. The van der Waals surface area contributed by atoms with Gasteiger partial charge in [0.15, 0.2) is 0 Å². The van der Waals surface area contributed by atoms with Crippen LogP contribution in [-0.4, -0.2) is 4.98 Å². The first-order chi connectivity index (χ1) is 27.7. The van der Waals surface area contributed by atoms with Crippen LogP contribution in [0.25, 0.3) is 11.1 Å². The molecule has 8 rings (SSSR count). The third-order valence-corrected chi connectivity index (χ3v) is 11.6. The summed E-state index contributed by atoms with van der Waals surface area (Å²) in [5.74, 6) is 0. The molecule has 0 saturated heterocycles. The molecule has 0 spiro atoms. The molecule has 3 heteroatoms. The van der Waals surface area contributed by atoms with Crippen molar-refractivity contribution in [2.24, 2.45) is 0 Å². The van der Waals surface area contributed by atoms with Gasteiger partial charge in [-0.15, -0.1) is 0 Å². The second-order valence-electron chi connectivity index (χ2n) is 15.6. The number of rotatable bonds is 11. The SMILES string of the molecule is C=C/C=C/CCC1(c2cccnc2)c2cc(N(c3ccccc3)c3c(C)cc(C)cc3C)ccc2-c2ccc(N(c3ccccc3)c3c(C)cc(C)cc3C)cc21. The molecule has 0 saturated carbocycles. The fourth-order valence-corrected chi connectivity index (χ4v) is 9.51. The molecule has 6 aromatic carbocycles. The van der Waals surface area contributed by atoms with Crippen molar-refractivity contribution >= 4 is 34.1 Å². The Kier molecular flexibility index (Phi) is 10.3. The Morgan fingerprint density at radius 1 is 0.544 bits per heavy atom. The summed E-state index contributed by atoms with van der Waals surface area (Å²) in [6, 6.07) is 49.4. The van der Waals surface area contributed by atoms with Crippen LogP contribution in [0.2, 0.25) is 0 Å². The summed E-state index contributed by atoms with van der Waals surface area (Å²) in [5.41, 5.74) is 20.3. The minimum absolute atomic E-state index is 0.490. The zero-order chi connectivity index (χ0) is 39.7. The molecular formula is C54H51N3. The summed E-state index contributed by atoms with van der Waals surface area (Å²) in [6.07, 6.45) is 11.9. The van der Waals surface area contributed by atoms with Gasteiger partial charge >= 0.3 is 0 Å². The first kappa shape index (κ1) is 37.5. The van der Waals surface area contributed by atoms with Crippen LogP contribution in [0.3, 0.4) is 0 Å². The molecule has 0 radical (unpaired) electrons. The van der Waals surface area contributed by atoms with Gasteiger partial charge in [0.25, 0.3) is 0 Å². The lowest BCUT2D eigenvalue weighted by Crippen LogP contribution is -2.28. The van der Waals surface area contributed by atoms with Crippen molar-refractivity contribution in [3.05, 3.63) is 221 Å². The molecule has 1 aliphatic rings. The lowest BCUT2D eigenvalue weighted by Gasteiger charge is -2.35. The summed E-state index contributed by atoms with van der Waals surface area (Å²) in [7, 11) is 0. The fraction of sp³-hybridized carbons (Fsp3) is 0.167. The number of aryl methyl sites for hydroxylation is 6. The number of para-hydroxylation sites is 2. The molecule has 0 fully saturated rings. The quantitative estimate of drug-likeness (QED) is 0.123. The summed E-state index contributed by atoms with van der Waals surface area (Å²) < 4.78 is 0. The van der Waals surface area contributed by atoms with Crippen LogP contribution >= 0.6 is 0 Å². The van der Waals surface area contributed by atoms with E-state index in [4.69, 9.17) is 4.98 Å². The molecule has 0 bridgehead atoms. The normalized spacial score (nSPS) is 12.7. The predicted molar refractivity (Wildman–Crippen MR) is 242 cm³/mol. The van der Waals surface area contributed by atoms with Crippen molar-refractivity contribution < 1.29 is 0 Å². The van der Waals surface area contributed by atoms with E-state index in [-0.39, 0.29) is 0 Å². The number of hydrogen-bond donors (Lipinski definition) is 0. The molecule has 0 atom stereocenters. The Morgan fingerprint density at radius 2 is 1.02 bits per heavy atom. The molecule has 0 unspecified atom stereocenters. The lowest BCUT2D eigenvalue weighted by atomic mass is 9.69. The molecule has 1 heterocycles. The highest BCUT2D eigenvalue weighted by atomic mass is 15.2. The Labute approximate surface area is 339 Å². The van der Waals surface area contributed by atoms with Crippen LogP contribution in [0, 0.1) is 41.5 Å². The molecule has 57 heavy (non-hydrogen) atoms. The van der Waals surface area contributed by atoms with E-state index in [1.165, 1.54) is 72.6 Å². The molecule has 0 N–H and O–H groups in total. The highest BCUT2D eigenvalue weighted by molar-refractivity contribution is 5.91. The topological polar surface area (TPSA) is 19.4 Å². The second kappa shape index (κ2) is 15.6. The summed E-state index contributed by atoms with van der Waals surface area (Å²) >= 11 is 0. The standard InChI is InChI=1S/C54H51N3/c1-8-9-10-17-28-54(43-19-18-29-55-36-43)50-34-46(56(44-20-13-11-14-21-44)52-39(4)30-37(2)31-40(52)5)24-26-48(50)49-27-25-47(35-51(49)54)57(45-22-15-12-16-23-45)53-41(6)32-38(3)33-42(53)7/h8-16,18-27,29-36H,1,17,28H2,2-7H3/b10-9+. The molecule has 7 aromatic rings. The zero-order valence-electron chi connectivity index (χ0n) is 34.1. The monoisotopic (exact) mass is 741 g/mol. The van der Waals surface area contributed by atoms with Gasteiger partial charge in [-0.1, -0.05) is 115 Å². The van der Waals surface area contributed by atoms with Crippen LogP contribution in [0.15, 0.2) is 171 Å². The van der Waals surface area contributed by atoms with Gasteiger partial charge in [0.1, 0.15) is 0 Å². The van der Waals surface area contributed by atoms with Gasteiger partial charge in [-0.3, -0.25) is 4.98 Å². The number of aromatic nitrogens is 1. The van der Waals surface area contributed by atoms with Gasteiger partial charge in [0.05, 0.1) is 11.4 Å². The minimum atomic E-state index is -0.490. The third kappa shape index (κ3) is 6.78. The maximum atomic E-state index is 4.78. The summed E-state index contributed by atoms with van der Waals surface area (Å²) in [5, 5.41) is 0. The van der Waals surface area contributed by atoms with Gasteiger partial charge in [0.2, 0.25) is 0 Å². The lowest BCUT2D eigenvalue weighted by molar-refractivity contribution is 0.577. The van der Waals surface area contributed by atoms with Crippen LogP contribution in [0.1, 0.15) is 62.9 Å². The highest BCUT2D eigenvalue weighted by Crippen LogP contribution is 2.58.